The number of rotatable bonds is 5. The minimum absolute atomic E-state index is 0.0991. The number of aliphatic hydroxyl groups excluding tert-OH is 1. The summed E-state index contributed by atoms with van der Waals surface area (Å²) >= 11 is 0. The van der Waals surface area contributed by atoms with E-state index in [2.05, 4.69) is 16.8 Å². The van der Waals surface area contributed by atoms with Gasteiger partial charge < -0.3 is 29.1 Å². The molecule has 0 saturated heterocycles. The van der Waals surface area contributed by atoms with Crippen molar-refractivity contribution in [1.82, 2.24) is 14.8 Å². The SMILES string of the molecule is C[C@@H]1CN([C@H](C)CO)C(=O)c2cc(C#Cc3ccccc3F)cnc2O[C@H]1CN(C)C(=O)c1ccc2c(c1)OCO2. The summed E-state index contributed by atoms with van der Waals surface area (Å²) in [7, 11) is 1.68. The van der Waals surface area contributed by atoms with E-state index in [1.807, 2.05) is 6.92 Å². The number of nitrogens with zero attached hydrogens (tertiary/aromatic N) is 3. The predicted octanol–water partition coefficient (Wildman–Crippen LogP) is 3.34. The smallest absolute Gasteiger partial charge is 0.259 e. The Kier molecular flexibility index (Phi) is 8.08. The number of aliphatic hydroxyl groups is 1. The number of ether oxygens (including phenoxy) is 3. The van der Waals surface area contributed by atoms with Crippen LogP contribution in [0.3, 0.4) is 0 Å². The number of hydrogen-bond donors (Lipinski definition) is 1. The lowest BCUT2D eigenvalue weighted by molar-refractivity contribution is 0.0313. The molecule has 5 rings (SSSR count). The summed E-state index contributed by atoms with van der Waals surface area (Å²) in [6.45, 7) is 4.05. The number of fused-ring (bicyclic) bond motifs is 2. The Morgan fingerprint density at radius 1 is 1.20 bits per heavy atom. The van der Waals surface area contributed by atoms with Gasteiger partial charge in [0, 0.05) is 36.8 Å². The molecule has 3 atom stereocenters. The number of carbonyl (C=O) groups excluding carboxylic acids is 2. The average molecular weight is 560 g/mol. The van der Waals surface area contributed by atoms with Gasteiger partial charge in [-0.25, -0.2) is 9.37 Å². The molecule has 2 aliphatic rings. The van der Waals surface area contributed by atoms with Crippen molar-refractivity contribution in [3.05, 3.63) is 82.8 Å². The van der Waals surface area contributed by atoms with Crippen LogP contribution in [-0.2, 0) is 0 Å². The average Bonchev–Trinajstić information content (AvgIpc) is 3.46. The summed E-state index contributed by atoms with van der Waals surface area (Å²) in [6, 6.07) is 12.3. The highest BCUT2D eigenvalue weighted by molar-refractivity contribution is 5.97. The van der Waals surface area contributed by atoms with E-state index in [1.165, 1.54) is 12.3 Å². The van der Waals surface area contributed by atoms with Crippen LogP contribution in [0.15, 0.2) is 54.7 Å². The quantitative estimate of drug-likeness (QED) is 0.479. The Labute approximate surface area is 237 Å². The zero-order valence-corrected chi connectivity index (χ0v) is 23.0. The van der Waals surface area contributed by atoms with Gasteiger partial charge in [0.15, 0.2) is 11.5 Å². The highest BCUT2D eigenvalue weighted by atomic mass is 19.1. The number of amides is 2. The fraction of sp³-hybridized carbons (Fsp3) is 0.323. The molecule has 2 aliphatic heterocycles. The summed E-state index contributed by atoms with van der Waals surface area (Å²) in [6.07, 6.45) is 0.936. The molecule has 0 unspecified atom stereocenters. The first-order chi connectivity index (χ1) is 19.7. The Balaban J connectivity index is 1.43. The largest absolute Gasteiger partial charge is 0.472 e. The first kappa shape index (κ1) is 27.9. The lowest BCUT2D eigenvalue weighted by Crippen LogP contribution is -2.50. The molecule has 0 aliphatic carbocycles. The number of aromatic nitrogens is 1. The van der Waals surface area contributed by atoms with Gasteiger partial charge in [-0.3, -0.25) is 9.59 Å². The van der Waals surface area contributed by atoms with Gasteiger partial charge in [0.1, 0.15) is 17.5 Å². The molecule has 0 bridgehead atoms. The van der Waals surface area contributed by atoms with Crippen molar-refractivity contribution >= 4 is 11.8 Å². The molecule has 0 saturated carbocycles. The van der Waals surface area contributed by atoms with Crippen LogP contribution in [-0.4, -0.2) is 77.4 Å². The topological polar surface area (TPSA) is 101 Å². The van der Waals surface area contributed by atoms with Crippen LogP contribution in [0.1, 0.15) is 45.7 Å². The molecule has 10 heteroatoms. The van der Waals surface area contributed by atoms with E-state index in [0.29, 0.717) is 22.6 Å². The lowest BCUT2D eigenvalue weighted by atomic mass is 9.99. The minimum atomic E-state index is -0.527. The van der Waals surface area contributed by atoms with Crippen LogP contribution in [0.25, 0.3) is 0 Å². The lowest BCUT2D eigenvalue weighted by Gasteiger charge is -2.37. The zero-order chi connectivity index (χ0) is 29.1. The summed E-state index contributed by atoms with van der Waals surface area (Å²) in [5.41, 5.74) is 1.24. The molecular formula is C31H30FN3O6. The van der Waals surface area contributed by atoms with Gasteiger partial charge in [-0.15, -0.1) is 0 Å². The van der Waals surface area contributed by atoms with E-state index in [0.717, 1.165) is 0 Å². The second kappa shape index (κ2) is 11.9. The molecule has 3 aromatic rings. The summed E-state index contributed by atoms with van der Waals surface area (Å²) in [4.78, 5) is 34.4. The van der Waals surface area contributed by atoms with Crippen molar-refractivity contribution in [1.29, 1.82) is 0 Å². The first-order valence-corrected chi connectivity index (χ1v) is 13.2. The van der Waals surface area contributed by atoms with Crippen molar-refractivity contribution in [2.75, 3.05) is 33.5 Å². The number of hydrogen-bond acceptors (Lipinski definition) is 7. The monoisotopic (exact) mass is 559 g/mol. The molecule has 0 radical (unpaired) electrons. The molecule has 0 fully saturated rings. The normalized spacial score (nSPS) is 18.3. The minimum Gasteiger partial charge on any atom is -0.472 e. The third kappa shape index (κ3) is 5.95. The zero-order valence-electron chi connectivity index (χ0n) is 23.0. The third-order valence-corrected chi connectivity index (χ3v) is 7.16. The van der Waals surface area contributed by atoms with Gasteiger partial charge in [0.25, 0.3) is 11.8 Å². The van der Waals surface area contributed by atoms with Crippen LogP contribution in [0.2, 0.25) is 0 Å². The van der Waals surface area contributed by atoms with Crippen molar-refractivity contribution in [2.45, 2.75) is 26.0 Å². The van der Waals surface area contributed by atoms with E-state index < -0.39 is 18.0 Å². The first-order valence-electron chi connectivity index (χ1n) is 13.2. The van der Waals surface area contributed by atoms with E-state index in [4.69, 9.17) is 14.2 Å². The van der Waals surface area contributed by atoms with Gasteiger partial charge in [-0.1, -0.05) is 30.9 Å². The van der Waals surface area contributed by atoms with Crippen molar-refractivity contribution in [3.8, 4) is 29.2 Å². The van der Waals surface area contributed by atoms with Crippen LogP contribution in [0.5, 0.6) is 17.4 Å². The Morgan fingerprint density at radius 3 is 2.76 bits per heavy atom. The molecule has 41 heavy (non-hydrogen) atoms. The standard InChI is InChI=1S/C31H30FN3O6/c1-19-15-35(20(2)17-36)31(38)24-12-21(8-9-22-6-4-5-7-25(22)32)14-33-29(24)41-28(19)16-34(3)30(37)23-10-11-26-27(13-23)40-18-39-26/h4-7,10-14,19-20,28,36H,15-18H2,1-3H3/t19-,20-,28+/m1/s1. The van der Waals surface area contributed by atoms with E-state index in [9.17, 15) is 19.1 Å². The van der Waals surface area contributed by atoms with Crippen LogP contribution < -0.4 is 14.2 Å². The molecule has 2 aromatic carbocycles. The Bertz CT molecular complexity index is 1530. The number of likely N-dealkylation sites (N-methyl/N-ethyl adjacent to an activating group) is 1. The number of pyridine rings is 1. The summed E-state index contributed by atoms with van der Waals surface area (Å²) in [5, 5.41) is 9.90. The fourth-order valence-corrected chi connectivity index (χ4v) is 4.69. The second-order valence-corrected chi connectivity index (χ2v) is 10.2. The van der Waals surface area contributed by atoms with E-state index >= 15 is 0 Å². The number of halogens is 1. The molecule has 2 amide bonds. The summed E-state index contributed by atoms with van der Waals surface area (Å²) < 4.78 is 31.1. The van der Waals surface area contributed by atoms with Gasteiger partial charge >= 0.3 is 0 Å². The van der Waals surface area contributed by atoms with Crippen LogP contribution in [0.4, 0.5) is 4.39 Å². The Hall–Kier alpha value is -4.62. The maximum Gasteiger partial charge on any atom is 0.259 e. The van der Waals surface area contributed by atoms with Gasteiger partial charge in [-0.2, -0.15) is 0 Å². The van der Waals surface area contributed by atoms with Gasteiger partial charge in [0.2, 0.25) is 12.7 Å². The molecule has 9 nitrogen and oxygen atoms in total. The highest BCUT2D eigenvalue weighted by Gasteiger charge is 2.35. The molecule has 0 spiro atoms. The van der Waals surface area contributed by atoms with Crippen molar-refractivity contribution < 1.29 is 33.3 Å². The Morgan fingerprint density at radius 2 is 1.98 bits per heavy atom. The highest BCUT2D eigenvalue weighted by Crippen LogP contribution is 2.33. The molecule has 3 heterocycles. The molecule has 212 valence electrons. The van der Waals surface area contributed by atoms with Crippen molar-refractivity contribution in [2.24, 2.45) is 5.92 Å². The number of benzene rings is 2. The van der Waals surface area contributed by atoms with E-state index in [1.54, 1.807) is 66.2 Å². The van der Waals surface area contributed by atoms with Crippen LogP contribution in [0, 0.1) is 23.6 Å². The molecule has 1 N–H and O–H groups in total. The van der Waals surface area contributed by atoms with Crippen LogP contribution >= 0.6 is 0 Å². The van der Waals surface area contributed by atoms with E-state index in [-0.39, 0.29) is 61.2 Å². The van der Waals surface area contributed by atoms with Crippen molar-refractivity contribution in [3.63, 3.8) is 0 Å². The van der Waals surface area contributed by atoms with Gasteiger partial charge in [-0.05, 0) is 43.3 Å². The molecule has 1 aromatic heterocycles. The second-order valence-electron chi connectivity index (χ2n) is 10.2. The fourth-order valence-electron chi connectivity index (χ4n) is 4.69. The maximum atomic E-state index is 14.1. The predicted molar refractivity (Wildman–Crippen MR) is 147 cm³/mol. The molecular weight excluding hydrogens is 529 g/mol. The van der Waals surface area contributed by atoms with Gasteiger partial charge in [0.05, 0.1) is 24.8 Å². The third-order valence-electron chi connectivity index (χ3n) is 7.16. The maximum absolute atomic E-state index is 14.1. The summed E-state index contributed by atoms with van der Waals surface area (Å²) in [5.74, 6) is 5.59. The number of carbonyl (C=O) groups is 2.